The molecule has 0 spiro atoms. The van der Waals surface area contributed by atoms with E-state index in [1.165, 1.54) is 11.0 Å². The lowest BCUT2D eigenvalue weighted by molar-refractivity contribution is -0.139. The standard InChI is InChI=1S/C19H22N2O5/c1-2-3-4-13-9-19(24)26-16-10-14(5-6-15(13)16)25-12-18(23)21-8-7-20-17(22)11-21/h5-6,9-10H,2-4,7-8,11-12H2,1H3,(H,20,22). The Hall–Kier alpha value is -2.83. The fourth-order valence-electron chi connectivity index (χ4n) is 2.96. The minimum Gasteiger partial charge on any atom is -0.484 e. The molecular weight excluding hydrogens is 336 g/mol. The molecule has 1 N–H and O–H groups in total. The van der Waals surface area contributed by atoms with E-state index in [0.717, 1.165) is 30.2 Å². The zero-order chi connectivity index (χ0) is 18.5. The van der Waals surface area contributed by atoms with Crippen molar-refractivity contribution in [2.75, 3.05) is 26.2 Å². The Bertz CT molecular complexity index is 874. The van der Waals surface area contributed by atoms with Crippen LogP contribution in [0.1, 0.15) is 25.3 Å². The molecule has 2 aromatic rings. The van der Waals surface area contributed by atoms with Gasteiger partial charge in [0.15, 0.2) is 6.61 Å². The maximum atomic E-state index is 12.2. The third-order valence-electron chi connectivity index (χ3n) is 4.35. The first-order chi connectivity index (χ1) is 12.6. The molecule has 7 heteroatoms. The topological polar surface area (TPSA) is 88.8 Å². The van der Waals surface area contributed by atoms with Crippen LogP contribution in [-0.4, -0.2) is 43.0 Å². The van der Waals surface area contributed by atoms with Crippen molar-refractivity contribution in [3.63, 3.8) is 0 Å². The molecule has 1 aliphatic rings. The van der Waals surface area contributed by atoms with Crippen LogP contribution >= 0.6 is 0 Å². The predicted molar refractivity (Wildman–Crippen MR) is 96.2 cm³/mol. The molecular formula is C19H22N2O5. The summed E-state index contributed by atoms with van der Waals surface area (Å²) < 4.78 is 10.8. The molecule has 0 unspecified atom stereocenters. The highest BCUT2D eigenvalue weighted by molar-refractivity contribution is 5.86. The van der Waals surface area contributed by atoms with Gasteiger partial charge in [-0.2, -0.15) is 0 Å². The van der Waals surface area contributed by atoms with Gasteiger partial charge < -0.3 is 19.4 Å². The molecule has 1 fully saturated rings. The number of nitrogens with one attached hydrogen (secondary N) is 1. The lowest BCUT2D eigenvalue weighted by Gasteiger charge is -2.26. The largest absolute Gasteiger partial charge is 0.484 e. The van der Waals surface area contributed by atoms with Crippen LogP contribution in [0.4, 0.5) is 0 Å². The number of aryl methyl sites for hydroxylation is 1. The van der Waals surface area contributed by atoms with Gasteiger partial charge in [-0.1, -0.05) is 13.3 Å². The number of carbonyl (C=O) groups excluding carboxylic acids is 2. The number of nitrogens with zero attached hydrogens (tertiary/aromatic N) is 1. The number of benzene rings is 1. The second kappa shape index (κ2) is 8.03. The molecule has 138 valence electrons. The molecule has 0 radical (unpaired) electrons. The average Bonchev–Trinajstić information content (AvgIpc) is 2.63. The molecule has 2 amide bonds. The van der Waals surface area contributed by atoms with E-state index in [-0.39, 0.29) is 25.0 Å². The van der Waals surface area contributed by atoms with Crippen LogP contribution in [0.3, 0.4) is 0 Å². The molecule has 0 atom stereocenters. The van der Waals surface area contributed by atoms with Gasteiger partial charge in [-0.05, 0) is 30.5 Å². The van der Waals surface area contributed by atoms with Gasteiger partial charge in [-0.15, -0.1) is 0 Å². The monoisotopic (exact) mass is 358 g/mol. The highest BCUT2D eigenvalue weighted by Crippen LogP contribution is 2.24. The van der Waals surface area contributed by atoms with Crippen LogP contribution < -0.4 is 15.7 Å². The van der Waals surface area contributed by atoms with E-state index in [2.05, 4.69) is 12.2 Å². The number of hydrogen-bond acceptors (Lipinski definition) is 5. The quantitative estimate of drug-likeness (QED) is 0.790. The van der Waals surface area contributed by atoms with E-state index in [9.17, 15) is 14.4 Å². The lowest BCUT2D eigenvalue weighted by atomic mass is 10.0. The average molecular weight is 358 g/mol. The third kappa shape index (κ3) is 4.22. The summed E-state index contributed by atoms with van der Waals surface area (Å²) in [7, 11) is 0. The fraction of sp³-hybridized carbons (Fsp3) is 0.421. The van der Waals surface area contributed by atoms with Crippen LogP contribution in [0, 0.1) is 0 Å². The van der Waals surface area contributed by atoms with Gasteiger partial charge in [0.1, 0.15) is 11.3 Å². The molecule has 1 aliphatic heterocycles. The maximum Gasteiger partial charge on any atom is 0.336 e. The molecule has 2 heterocycles. The van der Waals surface area contributed by atoms with E-state index < -0.39 is 5.63 Å². The summed E-state index contributed by atoms with van der Waals surface area (Å²) in [6.45, 7) is 2.91. The molecule has 3 rings (SSSR count). The number of amides is 2. The number of piperazine rings is 1. The number of ether oxygens (including phenoxy) is 1. The van der Waals surface area contributed by atoms with Gasteiger partial charge in [-0.3, -0.25) is 9.59 Å². The van der Waals surface area contributed by atoms with Gasteiger partial charge in [0, 0.05) is 30.6 Å². The number of fused-ring (bicyclic) bond motifs is 1. The molecule has 1 aromatic carbocycles. The number of hydrogen-bond donors (Lipinski definition) is 1. The summed E-state index contributed by atoms with van der Waals surface area (Å²) in [6, 6.07) is 6.76. The molecule has 0 aliphatic carbocycles. The Morgan fingerprint density at radius 1 is 1.31 bits per heavy atom. The summed E-state index contributed by atoms with van der Waals surface area (Å²) >= 11 is 0. The van der Waals surface area contributed by atoms with Crippen LogP contribution in [0.15, 0.2) is 33.5 Å². The number of carbonyl (C=O) groups is 2. The summed E-state index contributed by atoms with van der Waals surface area (Å²) in [6.07, 6.45) is 2.85. The van der Waals surface area contributed by atoms with Crippen molar-refractivity contribution < 1.29 is 18.7 Å². The Labute approximate surface area is 150 Å². The molecule has 0 saturated carbocycles. The van der Waals surface area contributed by atoms with E-state index in [1.807, 2.05) is 6.07 Å². The van der Waals surface area contributed by atoms with Gasteiger partial charge >= 0.3 is 5.63 Å². The van der Waals surface area contributed by atoms with Crippen LogP contribution in [0.25, 0.3) is 11.0 Å². The van der Waals surface area contributed by atoms with Crippen LogP contribution in [0.5, 0.6) is 5.75 Å². The summed E-state index contributed by atoms with van der Waals surface area (Å²) in [5.74, 6) is 0.0258. The van der Waals surface area contributed by atoms with E-state index in [4.69, 9.17) is 9.15 Å². The number of unbranched alkanes of at least 4 members (excludes halogenated alkanes) is 1. The summed E-state index contributed by atoms with van der Waals surface area (Å²) in [5.41, 5.74) is 1.02. The predicted octanol–water partition coefficient (Wildman–Crippen LogP) is 1.47. The van der Waals surface area contributed by atoms with Gasteiger partial charge in [0.25, 0.3) is 5.91 Å². The first kappa shape index (κ1) is 18.0. The van der Waals surface area contributed by atoms with E-state index in [0.29, 0.717) is 24.4 Å². The minimum atomic E-state index is -0.392. The lowest BCUT2D eigenvalue weighted by Crippen LogP contribution is -2.51. The SMILES string of the molecule is CCCCc1cc(=O)oc2cc(OCC(=O)N3CCNC(=O)C3)ccc12. The number of rotatable bonds is 6. The van der Waals surface area contributed by atoms with Crippen molar-refractivity contribution in [1.29, 1.82) is 0 Å². The molecule has 7 nitrogen and oxygen atoms in total. The highest BCUT2D eigenvalue weighted by atomic mass is 16.5. The van der Waals surface area contributed by atoms with Crippen molar-refractivity contribution >= 4 is 22.8 Å². The zero-order valence-electron chi connectivity index (χ0n) is 14.7. The van der Waals surface area contributed by atoms with E-state index >= 15 is 0 Å². The maximum absolute atomic E-state index is 12.2. The van der Waals surface area contributed by atoms with Gasteiger partial charge in [0.05, 0.1) is 6.54 Å². The fourth-order valence-corrected chi connectivity index (χ4v) is 2.96. The normalized spacial score (nSPS) is 14.3. The van der Waals surface area contributed by atoms with Gasteiger partial charge in [-0.25, -0.2) is 4.79 Å². The third-order valence-corrected chi connectivity index (χ3v) is 4.35. The van der Waals surface area contributed by atoms with Crippen LogP contribution in [0.2, 0.25) is 0 Å². The Kier molecular flexibility index (Phi) is 5.55. The molecule has 1 saturated heterocycles. The second-order valence-corrected chi connectivity index (χ2v) is 6.31. The van der Waals surface area contributed by atoms with Crippen molar-refractivity contribution in [3.8, 4) is 5.75 Å². The summed E-state index contributed by atoms with van der Waals surface area (Å²) in [4.78, 5) is 36.7. The van der Waals surface area contributed by atoms with E-state index in [1.54, 1.807) is 12.1 Å². The Morgan fingerprint density at radius 2 is 2.15 bits per heavy atom. The van der Waals surface area contributed by atoms with Crippen LogP contribution in [-0.2, 0) is 16.0 Å². The minimum absolute atomic E-state index is 0.0512. The molecule has 26 heavy (non-hydrogen) atoms. The molecule has 1 aromatic heterocycles. The Morgan fingerprint density at radius 3 is 2.92 bits per heavy atom. The van der Waals surface area contributed by atoms with Crippen molar-refractivity contribution in [2.45, 2.75) is 26.2 Å². The van der Waals surface area contributed by atoms with Crippen molar-refractivity contribution in [2.24, 2.45) is 0 Å². The van der Waals surface area contributed by atoms with Crippen molar-refractivity contribution in [3.05, 3.63) is 40.2 Å². The highest BCUT2D eigenvalue weighted by Gasteiger charge is 2.21. The zero-order valence-corrected chi connectivity index (χ0v) is 14.7. The van der Waals surface area contributed by atoms with Crippen molar-refractivity contribution in [1.82, 2.24) is 10.2 Å². The first-order valence-electron chi connectivity index (χ1n) is 8.81. The summed E-state index contributed by atoms with van der Waals surface area (Å²) in [5, 5.41) is 3.55. The Balaban J connectivity index is 1.71. The first-order valence-corrected chi connectivity index (χ1v) is 8.81. The second-order valence-electron chi connectivity index (χ2n) is 6.31. The smallest absolute Gasteiger partial charge is 0.336 e. The molecule has 0 bridgehead atoms. The van der Waals surface area contributed by atoms with Gasteiger partial charge in [0.2, 0.25) is 5.91 Å².